The Morgan fingerprint density at radius 1 is 1.12 bits per heavy atom. The molecular formula is C17H30ClN5O. The van der Waals surface area contributed by atoms with Crippen LogP contribution >= 0.6 is 12.4 Å². The van der Waals surface area contributed by atoms with Gasteiger partial charge in [-0.25, -0.2) is 4.68 Å². The van der Waals surface area contributed by atoms with E-state index in [1.807, 2.05) is 23.6 Å². The number of carbonyl (C=O) groups is 1. The normalized spacial score (nSPS) is 20.2. The van der Waals surface area contributed by atoms with Crippen LogP contribution in [0.15, 0.2) is 0 Å². The van der Waals surface area contributed by atoms with Gasteiger partial charge in [-0.1, -0.05) is 30.9 Å². The Hall–Kier alpha value is -1.14. The fraction of sp³-hybridized carbons (Fsp3) is 0.824. The Morgan fingerprint density at radius 3 is 2.38 bits per heavy atom. The van der Waals surface area contributed by atoms with Crippen LogP contribution in [0.4, 0.5) is 0 Å². The van der Waals surface area contributed by atoms with Crippen LogP contribution in [0.3, 0.4) is 0 Å². The summed E-state index contributed by atoms with van der Waals surface area (Å²) in [5.74, 6) is 0.0367. The second-order valence-electron chi connectivity index (χ2n) is 7.01. The summed E-state index contributed by atoms with van der Waals surface area (Å²) < 4.78 is 1.97. The molecule has 24 heavy (non-hydrogen) atoms. The summed E-state index contributed by atoms with van der Waals surface area (Å²) in [4.78, 5) is 14.8. The van der Waals surface area contributed by atoms with Gasteiger partial charge >= 0.3 is 0 Å². The van der Waals surface area contributed by atoms with Crippen molar-refractivity contribution in [2.75, 3.05) is 20.1 Å². The first kappa shape index (κ1) is 19.2. The van der Waals surface area contributed by atoms with Crippen molar-refractivity contribution in [3.63, 3.8) is 0 Å². The lowest BCUT2D eigenvalue weighted by Crippen LogP contribution is -2.37. The van der Waals surface area contributed by atoms with Crippen LogP contribution in [0.5, 0.6) is 0 Å². The molecule has 2 aliphatic rings. The first-order chi connectivity index (χ1) is 11.2. The highest BCUT2D eigenvalue weighted by Gasteiger charge is 2.28. The molecule has 0 bridgehead atoms. The van der Waals surface area contributed by atoms with Gasteiger partial charge in [-0.3, -0.25) is 4.79 Å². The van der Waals surface area contributed by atoms with Gasteiger partial charge in [-0.05, 0) is 45.7 Å². The molecule has 0 spiro atoms. The minimum Gasteiger partial charge on any atom is -0.337 e. The molecule has 0 radical (unpaired) electrons. The molecule has 1 amide bonds. The van der Waals surface area contributed by atoms with Crippen LogP contribution < -0.4 is 5.32 Å². The van der Waals surface area contributed by atoms with Crippen molar-refractivity contribution >= 4 is 18.3 Å². The van der Waals surface area contributed by atoms with Crippen LogP contribution in [0.2, 0.25) is 0 Å². The molecule has 3 rings (SSSR count). The van der Waals surface area contributed by atoms with E-state index in [9.17, 15) is 4.79 Å². The molecule has 1 aliphatic heterocycles. The molecule has 1 N–H and O–H groups in total. The Morgan fingerprint density at radius 2 is 1.75 bits per heavy atom. The molecule has 1 aromatic heterocycles. The molecule has 6 nitrogen and oxygen atoms in total. The van der Waals surface area contributed by atoms with Gasteiger partial charge in [-0.15, -0.1) is 17.5 Å². The zero-order valence-corrected chi connectivity index (χ0v) is 15.6. The topological polar surface area (TPSA) is 63.1 Å². The predicted molar refractivity (Wildman–Crippen MR) is 96.7 cm³/mol. The van der Waals surface area contributed by atoms with Gasteiger partial charge in [0, 0.05) is 13.1 Å². The Labute approximate surface area is 150 Å². The summed E-state index contributed by atoms with van der Waals surface area (Å²) in [6, 6.07) is 0.724. The number of hydrogen-bond acceptors (Lipinski definition) is 4. The molecule has 0 unspecified atom stereocenters. The van der Waals surface area contributed by atoms with Crippen molar-refractivity contribution in [2.24, 2.45) is 0 Å². The van der Waals surface area contributed by atoms with Gasteiger partial charge in [0.05, 0.1) is 11.7 Å². The molecule has 1 aromatic rings. The summed E-state index contributed by atoms with van der Waals surface area (Å²) in [7, 11) is 1.93. The van der Waals surface area contributed by atoms with Crippen molar-refractivity contribution in [1.82, 2.24) is 25.2 Å². The maximum absolute atomic E-state index is 12.9. The number of aromatic nitrogens is 3. The van der Waals surface area contributed by atoms with E-state index in [4.69, 9.17) is 0 Å². The van der Waals surface area contributed by atoms with Crippen LogP contribution in [0, 0.1) is 6.92 Å². The number of carbonyl (C=O) groups excluding carboxylic acids is 1. The zero-order chi connectivity index (χ0) is 16.2. The third-order valence-corrected chi connectivity index (χ3v) is 5.48. The quantitative estimate of drug-likeness (QED) is 0.847. The van der Waals surface area contributed by atoms with Gasteiger partial charge in [0.1, 0.15) is 0 Å². The number of halogens is 1. The molecule has 0 atom stereocenters. The standard InChI is InChI=1S/C17H29N5O.ClH/c1-13-16(19-20-22(13)15-9-11-18-12-10-15)17(23)21(2)14-7-5-3-4-6-8-14;/h14-15,18H,3-12H2,1-2H3;1H. The summed E-state index contributed by atoms with van der Waals surface area (Å²) in [5, 5.41) is 11.9. The molecule has 2 heterocycles. The highest BCUT2D eigenvalue weighted by Crippen LogP contribution is 2.24. The third-order valence-electron chi connectivity index (χ3n) is 5.48. The molecule has 7 heteroatoms. The van der Waals surface area contributed by atoms with Crippen LogP contribution in [-0.4, -0.2) is 52.0 Å². The first-order valence-electron chi connectivity index (χ1n) is 9.08. The summed E-state index contributed by atoms with van der Waals surface area (Å²) in [6.07, 6.45) is 9.37. The van der Waals surface area contributed by atoms with E-state index in [1.54, 1.807) is 0 Å². The van der Waals surface area contributed by atoms with E-state index < -0.39 is 0 Å². The lowest BCUT2D eigenvalue weighted by molar-refractivity contribution is 0.0710. The van der Waals surface area contributed by atoms with E-state index in [0.29, 0.717) is 17.8 Å². The Balaban J connectivity index is 0.00000208. The highest BCUT2D eigenvalue weighted by atomic mass is 35.5. The lowest BCUT2D eigenvalue weighted by atomic mass is 10.1. The summed E-state index contributed by atoms with van der Waals surface area (Å²) >= 11 is 0. The monoisotopic (exact) mass is 355 g/mol. The lowest BCUT2D eigenvalue weighted by Gasteiger charge is -2.27. The SMILES string of the molecule is Cc1c(C(=O)N(C)C2CCCCCC2)nnn1C1CCNCC1.Cl. The fourth-order valence-electron chi connectivity index (χ4n) is 3.91. The maximum atomic E-state index is 12.9. The number of rotatable bonds is 3. The molecule has 2 fully saturated rings. The van der Waals surface area contributed by atoms with Gasteiger partial charge in [-0.2, -0.15) is 0 Å². The average molecular weight is 356 g/mol. The van der Waals surface area contributed by atoms with Crippen LogP contribution in [0.1, 0.15) is 73.6 Å². The molecular weight excluding hydrogens is 326 g/mol. The van der Waals surface area contributed by atoms with Crippen molar-refractivity contribution in [3.05, 3.63) is 11.4 Å². The number of piperidine rings is 1. The van der Waals surface area contributed by atoms with Gasteiger partial charge in [0.25, 0.3) is 5.91 Å². The number of hydrogen-bond donors (Lipinski definition) is 1. The number of nitrogens with zero attached hydrogens (tertiary/aromatic N) is 4. The number of nitrogens with one attached hydrogen (secondary N) is 1. The average Bonchev–Trinajstić information content (AvgIpc) is 2.79. The van der Waals surface area contributed by atoms with Crippen molar-refractivity contribution in [2.45, 2.75) is 70.4 Å². The molecule has 0 aromatic carbocycles. The van der Waals surface area contributed by atoms with Gasteiger partial charge in [0.2, 0.25) is 0 Å². The van der Waals surface area contributed by atoms with Gasteiger partial charge in [0.15, 0.2) is 5.69 Å². The number of amides is 1. The first-order valence-corrected chi connectivity index (χ1v) is 9.08. The van der Waals surface area contributed by atoms with Crippen LogP contribution in [-0.2, 0) is 0 Å². The van der Waals surface area contributed by atoms with E-state index in [2.05, 4.69) is 15.6 Å². The molecule has 1 saturated heterocycles. The van der Waals surface area contributed by atoms with Crippen molar-refractivity contribution in [3.8, 4) is 0 Å². The second-order valence-corrected chi connectivity index (χ2v) is 7.01. The highest BCUT2D eigenvalue weighted by molar-refractivity contribution is 5.93. The third kappa shape index (κ3) is 4.09. The summed E-state index contributed by atoms with van der Waals surface area (Å²) in [6.45, 7) is 4.00. The van der Waals surface area contributed by atoms with E-state index in [-0.39, 0.29) is 18.3 Å². The van der Waals surface area contributed by atoms with Crippen molar-refractivity contribution < 1.29 is 4.79 Å². The molecule has 1 saturated carbocycles. The summed E-state index contributed by atoms with van der Waals surface area (Å²) in [5.41, 5.74) is 1.46. The van der Waals surface area contributed by atoms with E-state index in [1.165, 1.54) is 25.7 Å². The largest absolute Gasteiger partial charge is 0.337 e. The minimum atomic E-state index is 0. The predicted octanol–water partition coefficient (Wildman–Crippen LogP) is 2.73. The zero-order valence-electron chi connectivity index (χ0n) is 14.8. The van der Waals surface area contributed by atoms with Crippen LogP contribution in [0.25, 0.3) is 0 Å². The second kappa shape index (κ2) is 8.81. The van der Waals surface area contributed by atoms with E-state index in [0.717, 1.165) is 44.5 Å². The minimum absolute atomic E-state index is 0. The maximum Gasteiger partial charge on any atom is 0.276 e. The smallest absolute Gasteiger partial charge is 0.276 e. The van der Waals surface area contributed by atoms with Gasteiger partial charge < -0.3 is 10.2 Å². The Bertz CT molecular complexity index is 533. The fourth-order valence-corrected chi connectivity index (χ4v) is 3.91. The Kier molecular flexibility index (Phi) is 7.04. The molecule has 1 aliphatic carbocycles. The van der Waals surface area contributed by atoms with Crippen molar-refractivity contribution in [1.29, 1.82) is 0 Å². The van der Waals surface area contributed by atoms with E-state index >= 15 is 0 Å². The molecule has 136 valence electrons.